The minimum absolute atomic E-state index is 0. The van der Waals surface area contributed by atoms with Crippen LogP contribution in [0.25, 0.3) is 5.32 Å². The van der Waals surface area contributed by atoms with E-state index >= 15 is 0 Å². The number of benzene rings is 4. The van der Waals surface area contributed by atoms with Crippen molar-refractivity contribution in [3.05, 3.63) is 181 Å². The first-order valence-electron chi connectivity index (χ1n) is 15.4. The van der Waals surface area contributed by atoms with Gasteiger partial charge in [-0.2, -0.15) is 79.0 Å². The third kappa shape index (κ3) is 14.8. The molecule has 1 heterocycles. The second-order valence-electron chi connectivity index (χ2n) is 11.8. The first-order chi connectivity index (χ1) is 21.0. The number of para-hydroxylation sites is 1. The molecule has 1 atom stereocenters. The van der Waals surface area contributed by atoms with E-state index in [1.54, 1.807) is 0 Å². The predicted molar refractivity (Wildman–Crippen MR) is 191 cm³/mol. The van der Waals surface area contributed by atoms with E-state index in [9.17, 15) is 0 Å². The summed E-state index contributed by atoms with van der Waals surface area (Å²) in [5.41, 5.74) is 8.10. The zero-order valence-corrected chi connectivity index (χ0v) is 30.8. The Hall–Kier alpha value is -3.62. The topological polar surface area (TPSA) is 31.9 Å². The summed E-state index contributed by atoms with van der Waals surface area (Å²) in [7, 11) is 1.96. The maximum atomic E-state index is 5.21. The van der Waals surface area contributed by atoms with E-state index in [2.05, 4.69) is 91.7 Å². The van der Waals surface area contributed by atoms with Gasteiger partial charge >= 0.3 is 26.2 Å². The Bertz CT molecular complexity index is 1330. The number of hydrogen-bond donors (Lipinski definition) is 0. The monoisotopic (exact) mass is 675 g/mol. The van der Waals surface area contributed by atoms with Crippen LogP contribution >= 0.6 is 0 Å². The van der Waals surface area contributed by atoms with Gasteiger partial charge in [-0.1, -0.05) is 101 Å². The van der Waals surface area contributed by atoms with Crippen LogP contribution in [0, 0.1) is 26.7 Å². The summed E-state index contributed by atoms with van der Waals surface area (Å²) in [4.78, 5) is 0. The quantitative estimate of drug-likeness (QED) is 0.165. The van der Waals surface area contributed by atoms with Crippen LogP contribution in [0.2, 0.25) is 0 Å². The van der Waals surface area contributed by atoms with Crippen LogP contribution in [0.4, 0.5) is 5.69 Å². The molecule has 1 radical (unpaired) electrons. The maximum absolute atomic E-state index is 5.21. The number of nitrogens with zero attached hydrogens (tertiary/aromatic N) is 3. The molecular formula is C41H51N3Zr-. The molecule has 235 valence electrons. The molecule has 0 saturated carbocycles. The van der Waals surface area contributed by atoms with E-state index in [1.807, 2.05) is 109 Å². The van der Waals surface area contributed by atoms with E-state index < -0.39 is 0 Å². The average molecular weight is 677 g/mol. The molecule has 0 aliphatic heterocycles. The summed E-state index contributed by atoms with van der Waals surface area (Å²) in [5, 5.41) is 9.81. The van der Waals surface area contributed by atoms with Crippen molar-refractivity contribution >= 4 is 5.69 Å². The van der Waals surface area contributed by atoms with Crippen LogP contribution < -0.4 is 0 Å². The summed E-state index contributed by atoms with van der Waals surface area (Å²) in [6, 6.07) is 38.4. The molecule has 0 bridgehead atoms. The molecule has 4 heteroatoms. The van der Waals surface area contributed by atoms with Crippen LogP contribution in [0.5, 0.6) is 0 Å². The molecule has 1 aromatic heterocycles. The van der Waals surface area contributed by atoms with Gasteiger partial charge in [0.2, 0.25) is 0 Å². The van der Waals surface area contributed by atoms with Gasteiger partial charge in [0.15, 0.2) is 0 Å². The minimum Gasteiger partial charge on any atom is -0.676 e. The Morgan fingerprint density at radius 3 is 1.18 bits per heavy atom. The predicted octanol–water partition coefficient (Wildman–Crippen LogP) is 11.7. The molecule has 0 aliphatic carbocycles. The Labute approximate surface area is 293 Å². The van der Waals surface area contributed by atoms with Gasteiger partial charge in [-0.05, 0) is 17.9 Å². The van der Waals surface area contributed by atoms with Gasteiger partial charge in [-0.3, -0.25) is 4.68 Å². The summed E-state index contributed by atoms with van der Waals surface area (Å²) in [5.74, 6) is 1.33. The first kappa shape index (κ1) is 39.4. The fourth-order valence-electron chi connectivity index (χ4n) is 4.38. The SMILES string of the molecule is CC(C)c1cccc(C(C)C)c1[N-]C(c1ccn(C)n1)C(C)C.[CH2-]c1ccccc1.[CH2-]c1ccccc1.[CH2-]c1ccccc1.[Zr+3]. The molecular weight excluding hydrogens is 626 g/mol. The smallest absolute Gasteiger partial charge is 0.676 e. The van der Waals surface area contributed by atoms with Crippen molar-refractivity contribution in [2.75, 3.05) is 0 Å². The molecule has 5 rings (SSSR count). The molecule has 45 heavy (non-hydrogen) atoms. The van der Waals surface area contributed by atoms with Crippen molar-refractivity contribution in [2.24, 2.45) is 13.0 Å². The number of rotatable bonds is 6. The van der Waals surface area contributed by atoms with Crippen molar-refractivity contribution in [2.45, 2.75) is 59.4 Å². The van der Waals surface area contributed by atoms with E-state index in [0.717, 1.165) is 22.4 Å². The van der Waals surface area contributed by atoms with E-state index in [1.165, 1.54) is 16.8 Å². The van der Waals surface area contributed by atoms with Gasteiger partial charge in [0.25, 0.3) is 0 Å². The third-order valence-electron chi connectivity index (χ3n) is 6.81. The van der Waals surface area contributed by atoms with Gasteiger partial charge in [-0.15, -0.1) is 42.1 Å². The molecule has 0 spiro atoms. The van der Waals surface area contributed by atoms with Gasteiger partial charge in [0.1, 0.15) is 0 Å². The van der Waals surface area contributed by atoms with Gasteiger partial charge in [0.05, 0.1) is 0 Å². The van der Waals surface area contributed by atoms with Crippen molar-refractivity contribution in [3.8, 4) is 0 Å². The standard InChI is InChI=1S/C20H30N3.3C7H7.Zr/c1-13(2)16-9-8-10-17(14(3)4)20(16)21-19(15(5)6)18-11-12-23(7)22-18;3*1-7-5-3-2-4-6-7;/h8-15,19H,1-7H3;3*2-6H,1H2;/q4*-1;+3. The zero-order chi connectivity index (χ0) is 32.5. The maximum Gasteiger partial charge on any atom is 3.00 e. The van der Waals surface area contributed by atoms with Crippen molar-refractivity contribution in [1.29, 1.82) is 0 Å². The van der Waals surface area contributed by atoms with E-state index in [0.29, 0.717) is 17.8 Å². The molecule has 0 aliphatic rings. The molecule has 1 unspecified atom stereocenters. The van der Waals surface area contributed by atoms with Crippen LogP contribution in [0.15, 0.2) is 121 Å². The third-order valence-corrected chi connectivity index (χ3v) is 6.81. The largest absolute Gasteiger partial charge is 3.00 e. The van der Waals surface area contributed by atoms with Crippen LogP contribution in [-0.4, -0.2) is 9.78 Å². The Kier molecular flexibility index (Phi) is 18.5. The second-order valence-corrected chi connectivity index (χ2v) is 11.8. The van der Waals surface area contributed by atoms with Crippen molar-refractivity contribution in [3.63, 3.8) is 0 Å². The molecule has 0 N–H and O–H groups in total. The van der Waals surface area contributed by atoms with Crippen LogP contribution in [0.3, 0.4) is 0 Å². The van der Waals surface area contributed by atoms with Gasteiger partial charge in [0, 0.05) is 18.9 Å². The summed E-state index contributed by atoms with van der Waals surface area (Å²) < 4.78 is 1.86. The molecule has 3 nitrogen and oxygen atoms in total. The molecule has 0 saturated heterocycles. The van der Waals surface area contributed by atoms with Crippen LogP contribution in [0.1, 0.15) is 92.9 Å². The zero-order valence-electron chi connectivity index (χ0n) is 28.3. The molecule has 5 aromatic rings. The molecule has 0 amide bonds. The van der Waals surface area contributed by atoms with Gasteiger partial charge < -0.3 is 5.32 Å². The fourth-order valence-corrected chi connectivity index (χ4v) is 4.38. The summed E-state index contributed by atoms with van der Waals surface area (Å²) >= 11 is 0. The first-order valence-corrected chi connectivity index (χ1v) is 15.4. The average Bonchev–Trinajstić information content (AvgIpc) is 3.43. The molecule has 0 fully saturated rings. The van der Waals surface area contributed by atoms with Crippen molar-refractivity contribution < 1.29 is 26.2 Å². The van der Waals surface area contributed by atoms with Crippen LogP contribution in [-0.2, 0) is 33.3 Å². The van der Waals surface area contributed by atoms with Crippen molar-refractivity contribution in [1.82, 2.24) is 9.78 Å². The normalized spacial score (nSPS) is 10.7. The summed E-state index contributed by atoms with van der Waals surface area (Å²) in [6.07, 6.45) is 2.00. The Balaban J connectivity index is 0.000000370. The summed E-state index contributed by atoms with van der Waals surface area (Å²) in [6.45, 7) is 24.6. The fraction of sp³-hybridized carbons (Fsp3) is 0.268. The van der Waals surface area contributed by atoms with Gasteiger partial charge in [-0.25, -0.2) is 0 Å². The second kappa shape index (κ2) is 21.2. The number of hydrogen-bond acceptors (Lipinski definition) is 1. The Morgan fingerprint density at radius 2 is 0.933 bits per heavy atom. The Morgan fingerprint density at radius 1 is 0.556 bits per heavy atom. The number of aromatic nitrogens is 2. The molecule has 4 aromatic carbocycles. The van der Waals surface area contributed by atoms with E-state index in [-0.39, 0.29) is 32.2 Å². The van der Waals surface area contributed by atoms with E-state index in [4.69, 9.17) is 5.32 Å². The number of aryl methyl sites for hydroxylation is 1. The minimum atomic E-state index is 0.